The molecule has 4 heteroatoms. The Bertz CT molecular complexity index is 266. The zero-order valence-electron chi connectivity index (χ0n) is 13.8. The first kappa shape index (κ1) is 19.3. The topological polar surface area (TPSA) is 26.3 Å². The molecule has 0 aromatic rings. The van der Waals surface area contributed by atoms with Crippen LogP contribution in [0.1, 0.15) is 55.4 Å². The van der Waals surface area contributed by atoms with Gasteiger partial charge in [0.15, 0.2) is 14.1 Å². The van der Waals surface area contributed by atoms with Gasteiger partial charge in [0.25, 0.3) is 0 Å². The number of Topliss-reactive ketones (excluding diaryl/α,β-unsaturated/α-hetero) is 1. The molecule has 114 valence electrons. The maximum absolute atomic E-state index is 12.0. The number of ketones is 1. The summed E-state index contributed by atoms with van der Waals surface area (Å²) in [6.07, 6.45) is 0. The Morgan fingerprint density at radius 1 is 0.947 bits per heavy atom. The fraction of sp³-hybridized carbons (Fsp3) is 0.933. The first-order valence-electron chi connectivity index (χ1n) is 7.39. The van der Waals surface area contributed by atoms with Crippen LogP contribution in [0.3, 0.4) is 0 Å². The molecule has 0 rings (SSSR count). The minimum absolute atomic E-state index is 0.0301. The van der Waals surface area contributed by atoms with E-state index in [1.165, 1.54) is 0 Å². The van der Waals surface area contributed by atoms with E-state index in [9.17, 15) is 4.79 Å². The second-order valence-corrected chi connectivity index (χ2v) is 13.4. The summed E-state index contributed by atoms with van der Waals surface area (Å²) < 4.78 is 6.44. The Kier molecular flexibility index (Phi) is 8.07. The summed E-state index contributed by atoms with van der Waals surface area (Å²) in [5, 5.41) is 0. The lowest BCUT2D eigenvalue weighted by molar-refractivity contribution is -0.122. The minimum Gasteiger partial charge on any atom is -0.415 e. The normalized spacial score (nSPS) is 16.2. The molecule has 2 atom stereocenters. The van der Waals surface area contributed by atoms with Crippen LogP contribution in [0.5, 0.6) is 0 Å². The van der Waals surface area contributed by atoms with E-state index in [1.54, 1.807) is 0 Å². The number of rotatable bonds is 8. The Labute approximate surface area is 128 Å². The van der Waals surface area contributed by atoms with Crippen LogP contribution in [-0.2, 0) is 9.22 Å². The van der Waals surface area contributed by atoms with Crippen molar-refractivity contribution in [3.8, 4) is 0 Å². The molecule has 0 bridgehead atoms. The van der Waals surface area contributed by atoms with Gasteiger partial charge < -0.3 is 4.43 Å². The molecule has 0 aliphatic rings. The Morgan fingerprint density at radius 2 is 1.32 bits per heavy atom. The second kappa shape index (κ2) is 7.94. The van der Waals surface area contributed by atoms with Gasteiger partial charge in [-0.2, -0.15) is 0 Å². The number of halogens is 1. The van der Waals surface area contributed by atoms with E-state index < -0.39 is 8.32 Å². The molecule has 0 aromatic heterocycles. The van der Waals surface area contributed by atoms with E-state index in [2.05, 4.69) is 57.5 Å². The molecule has 0 radical (unpaired) electrons. The first-order chi connectivity index (χ1) is 8.57. The van der Waals surface area contributed by atoms with Gasteiger partial charge >= 0.3 is 0 Å². The van der Waals surface area contributed by atoms with Crippen molar-refractivity contribution in [3.63, 3.8) is 0 Å². The van der Waals surface area contributed by atoms with Crippen LogP contribution in [-0.4, -0.2) is 25.5 Å². The maximum atomic E-state index is 12.0. The van der Waals surface area contributed by atoms with Crippen LogP contribution in [0.25, 0.3) is 0 Å². The third-order valence-corrected chi connectivity index (χ3v) is 10.7. The average Bonchev–Trinajstić information content (AvgIpc) is 2.26. The second-order valence-electron chi connectivity index (χ2n) is 6.55. The highest BCUT2D eigenvalue weighted by atomic mass is 79.9. The molecule has 0 aliphatic carbocycles. The van der Waals surface area contributed by atoms with Gasteiger partial charge in [0.2, 0.25) is 0 Å². The summed E-state index contributed by atoms with van der Waals surface area (Å²) in [5.41, 5.74) is 1.70. The van der Waals surface area contributed by atoms with Crippen molar-refractivity contribution in [1.82, 2.24) is 0 Å². The predicted octanol–water partition coefficient (Wildman–Crippen LogP) is 5.17. The third-order valence-electron chi connectivity index (χ3n) is 4.17. The summed E-state index contributed by atoms with van der Waals surface area (Å²) in [5.74, 6) is 0.205. The van der Waals surface area contributed by atoms with Gasteiger partial charge in [-0.1, -0.05) is 64.4 Å². The highest BCUT2D eigenvalue weighted by Crippen LogP contribution is 2.42. The summed E-state index contributed by atoms with van der Waals surface area (Å²) in [6.45, 7) is 18.0. The molecule has 0 N–H and O–H groups in total. The summed E-state index contributed by atoms with van der Waals surface area (Å²) >= 11 is 3.35. The Balaban J connectivity index is 4.91. The largest absolute Gasteiger partial charge is 0.415 e. The molecule has 1 unspecified atom stereocenters. The molecule has 0 saturated carbocycles. The predicted molar refractivity (Wildman–Crippen MR) is 89.6 cm³/mol. The summed E-state index contributed by atoms with van der Waals surface area (Å²) in [7, 11) is -1.84. The standard InChI is InChI=1S/C15H31BrO2Si/c1-10(2)19(11(3)4,12(5)6)18-9-13(7)15(17)14(8)16/h10-14H,9H2,1-8H3/t13-,14?/m0/s1. The fourth-order valence-corrected chi connectivity index (χ4v) is 9.23. The van der Waals surface area contributed by atoms with E-state index >= 15 is 0 Å². The van der Waals surface area contributed by atoms with Crippen molar-refractivity contribution in [2.75, 3.05) is 6.61 Å². The smallest absolute Gasteiger partial charge is 0.200 e. The van der Waals surface area contributed by atoms with Gasteiger partial charge in [0, 0.05) is 12.5 Å². The molecule has 0 aromatic carbocycles. The zero-order valence-corrected chi connectivity index (χ0v) is 16.4. The van der Waals surface area contributed by atoms with E-state index in [0.717, 1.165) is 0 Å². The van der Waals surface area contributed by atoms with Crippen molar-refractivity contribution in [2.45, 2.75) is 76.8 Å². The molecule has 0 saturated heterocycles. The van der Waals surface area contributed by atoms with Gasteiger partial charge in [-0.15, -0.1) is 0 Å². The maximum Gasteiger partial charge on any atom is 0.200 e. The van der Waals surface area contributed by atoms with E-state index in [4.69, 9.17) is 4.43 Å². The van der Waals surface area contributed by atoms with E-state index in [-0.39, 0.29) is 16.5 Å². The number of hydrogen-bond donors (Lipinski definition) is 0. The SMILES string of the molecule is CC(Br)C(=O)[C@@H](C)CO[Si](C(C)C)(C(C)C)C(C)C. The molecular weight excluding hydrogens is 320 g/mol. The number of carbonyl (C=O) groups excluding carboxylic acids is 1. The Morgan fingerprint density at radius 3 is 1.58 bits per heavy atom. The fourth-order valence-electron chi connectivity index (χ4n) is 3.24. The summed E-state index contributed by atoms with van der Waals surface area (Å²) in [4.78, 5) is 11.9. The van der Waals surface area contributed by atoms with Gasteiger partial charge in [-0.25, -0.2) is 0 Å². The van der Waals surface area contributed by atoms with Crippen molar-refractivity contribution >= 4 is 30.0 Å². The zero-order chi connectivity index (χ0) is 15.4. The van der Waals surface area contributed by atoms with Crippen LogP contribution in [0.4, 0.5) is 0 Å². The lowest BCUT2D eigenvalue weighted by atomic mass is 10.1. The molecule has 2 nitrogen and oxygen atoms in total. The number of carbonyl (C=O) groups is 1. The van der Waals surface area contributed by atoms with Crippen molar-refractivity contribution in [1.29, 1.82) is 0 Å². The highest BCUT2D eigenvalue weighted by molar-refractivity contribution is 9.10. The monoisotopic (exact) mass is 350 g/mol. The van der Waals surface area contributed by atoms with Crippen molar-refractivity contribution in [2.24, 2.45) is 5.92 Å². The highest BCUT2D eigenvalue weighted by Gasteiger charge is 2.45. The molecule has 0 amide bonds. The molecule has 19 heavy (non-hydrogen) atoms. The quantitative estimate of drug-likeness (QED) is 0.446. The first-order valence-corrected chi connectivity index (χ1v) is 10.4. The van der Waals surface area contributed by atoms with E-state index in [0.29, 0.717) is 23.2 Å². The molecular formula is C15H31BrO2Si. The Hall–Kier alpha value is 0.327. The van der Waals surface area contributed by atoms with Gasteiger partial charge in [0.1, 0.15) is 0 Å². The minimum atomic E-state index is -1.84. The van der Waals surface area contributed by atoms with Gasteiger partial charge in [-0.05, 0) is 23.5 Å². The molecule has 0 fully saturated rings. The number of hydrogen-bond acceptors (Lipinski definition) is 2. The van der Waals surface area contributed by atoms with Gasteiger partial charge in [-0.3, -0.25) is 4.79 Å². The van der Waals surface area contributed by atoms with Crippen LogP contribution >= 0.6 is 15.9 Å². The van der Waals surface area contributed by atoms with Crippen LogP contribution in [0.2, 0.25) is 16.6 Å². The van der Waals surface area contributed by atoms with Crippen molar-refractivity contribution in [3.05, 3.63) is 0 Å². The van der Waals surface area contributed by atoms with E-state index in [1.807, 2.05) is 13.8 Å². The van der Waals surface area contributed by atoms with Crippen LogP contribution in [0.15, 0.2) is 0 Å². The van der Waals surface area contributed by atoms with Crippen LogP contribution in [0, 0.1) is 5.92 Å². The van der Waals surface area contributed by atoms with Crippen molar-refractivity contribution < 1.29 is 9.22 Å². The lowest BCUT2D eigenvalue weighted by Gasteiger charge is -2.42. The third kappa shape index (κ3) is 4.67. The summed E-state index contributed by atoms with van der Waals surface area (Å²) in [6, 6.07) is 0. The molecule has 0 heterocycles. The van der Waals surface area contributed by atoms with Crippen LogP contribution < -0.4 is 0 Å². The average molecular weight is 351 g/mol. The van der Waals surface area contributed by atoms with Gasteiger partial charge in [0.05, 0.1) is 4.83 Å². The molecule has 0 aliphatic heterocycles. The molecule has 0 spiro atoms. The number of alkyl halides is 1. The lowest BCUT2D eigenvalue weighted by Crippen LogP contribution is -2.49.